The maximum atomic E-state index is 13.8. The van der Waals surface area contributed by atoms with Crippen LogP contribution in [0.3, 0.4) is 0 Å². The van der Waals surface area contributed by atoms with Crippen molar-refractivity contribution in [3.63, 3.8) is 0 Å². The van der Waals surface area contributed by atoms with Crippen molar-refractivity contribution in [2.75, 3.05) is 13.2 Å². The molecular formula is C29H38N6O9S2. The van der Waals surface area contributed by atoms with Gasteiger partial charge in [0.2, 0.25) is 10.2 Å². The average Bonchev–Trinajstić information content (AvgIpc) is 3.68. The molecule has 1 saturated carbocycles. The van der Waals surface area contributed by atoms with Gasteiger partial charge in [-0.3, -0.25) is 19.2 Å². The summed E-state index contributed by atoms with van der Waals surface area (Å²) in [7, 11) is -3.92. The molecule has 0 bridgehead atoms. The maximum absolute atomic E-state index is 13.8. The number of aromatic nitrogens is 4. The van der Waals surface area contributed by atoms with Crippen LogP contribution in [0.15, 0.2) is 28.7 Å². The number of carboxylic acid groups (broad SMARTS) is 1. The van der Waals surface area contributed by atoms with Crippen LogP contribution in [-0.2, 0) is 40.5 Å². The molecule has 1 aliphatic rings. The number of ketones is 1. The monoisotopic (exact) mass is 678 g/mol. The third-order valence-electron chi connectivity index (χ3n) is 7.72. The largest absolute Gasteiger partial charge is 0.487 e. The highest BCUT2D eigenvalue weighted by Crippen LogP contribution is 2.34. The molecular weight excluding hydrogens is 640 g/mol. The van der Waals surface area contributed by atoms with Crippen molar-refractivity contribution < 1.29 is 42.2 Å². The van der Waals surface area contributed by atoms with E-state index < -0.39 is 22.0 Å². The minimum Gasteiger partial charge on any atom is -0.487 e. The van der Waals surface area contributed by atoms with Gasteiger partial charge in [-0.25, -0.2) is 23.2 Å². The van der Waals surface area contributed by atoms with Crippen molar-refractivity contribution >= 4 is 55.2 Å². The number of fused-ring (bicyclic) bond motifs is 1. The molecule has 1 atom stereocenters. The molecule has 3 aromatic rings. The Hall–Kier alpha value is -3.96. The van der Waals surface area contributed by atoms with Crippen molar-refractivity contribution in [2.45, 2.75) is 81.7 Å². The molecule has 1 unspecified atom stereocenters. The molecule has 0 radical (unpaired) electrons. The number of carbonyl (C=O) groups excluding carboxylic acids is 3. The Morgan fingerprint density at radius 1 is 1.13 bits per heavy atom. The number of hydrogen-bond donors (Lipinski definition) is 3. The predicted molar refractivity (Wildman–Crippen MR) is 165 cm³/mol. The van der Waals surface area contributed by atoms with Gasteiger partial charge in [-0.15, -0.1) is 16.4 Å². The molecule has 4 N–H and O–H groups in total. The van der Waals surface area contributed by atoms with Crippen molar-refractivity contribution in [1.29, 1.82) is 0 Å². The average molecular weight is 679 g/mol. The summed E-state index contributed by atoms with van der Waals surface area (Å²) in [5.74, 6) is -1.59. The second-order valence-electron chi connectivity index (χ2n) is 11.1. The van der Waals surface area contributed by atoms with Gasteiger partial charge in [0, 0.05) is 18.9 Å². The van der Waals surface area contributed by atoms with E-state index in [9.17, 15) is 27.6 Å². The number of thiazole rings is 1. The quantitative estimate of drug-likeness (QED) is 0.138. The summed E-state index contributed by atoms with van der Waals surface area (Å²) in [6, 6.07) is 4.33. The summed E-state index contributed by atoms with van der Waals surface area (Å²) in [6.45, 7) is 2.48. The van der Waals surface area contributed by atoms with Crippen LogP contribution in [0.4, 0.5) is 0 Å². The van der Waals surface area contributed by atoms with Gasteiger partial charge in [-0.2, -0.15) is 0 Å². The second-order valence-corrected chi connectivity index (χ2v) is 13.9. The van der Waals surface area contributed by atoms with Gasteiger partial charge in [0.15, 0.2) is 5.78 Å². The zero-order valence-electron chi connectivity index (χ0n) is 25.4. The normalized spacial score (nSPS) is 17.3. The summed E-state index contributed by atoms with van der Waals surface area (Å²) in [5, 5.41) is 25.1. The number of aliphatic carboxylic acids is 1. The molecule has 46 heavy (non-hydrogen) atoms. The number of carbonyl (C=O) groups is 4. The first-order valence-corrected chi connectivity index (χ1v) is 17.5. The van der Waals surface area contributed by atoms with E-state index >= 15 is 0 Å². The van der Waals surface area contributed by atoms with E-state index in [-0.39, 0.29) is 53.3 Å². The molecule has 1 fully saturated rings. The van der Waals surface area contributed by atoms with Crippen LogP contribution in [-0.4, -0.2) is 70.3 Å². The standard InChI is InChI=1S/C29H38N6O9S2/c1-2-43-28(40)19-8-6-18(7-9-19)27(39)23(5-3-4-14-31-25(36)12-13-26(37)38)35-16-20(33-34-35)17-44-21-10-11-22-24(15-21)45-29(32-22)46(30,41)42/h10-11,15-16,18-19,23H,2-9,12-14,17H2,1H3,(H,31,36)(H,37,38)(H2,30,41,42). The van der Waals surface area contributed by atoms with E-state index in [1.54, 1.807) is 31.3 Å². The fourth-order valence-corrected chi connectivity index (χ4v) is 7.02. The molecule has 2 aromatic heterocycles. The third-order valence-corrected chi connectivity index (χ3v) is 10.1. The van der Waals surface area contributed by atoms with Crippen LogP contribution in [0.25, 0.3) is 10.2 Å². The number of nitrogens with zero attached hydrogens (tertiary/aromatic N) is 4. The summed E-state index contributed by atoms with van der Waals surface area (Å²) < 4.78 is 36.2. The van der Waals surface area contributed by atoms with Gasteiger partial charge in [-0.1, -0.05) is 5.21 Å². The number of nitrogens with two attached hydrogens (primary N) is 1. The van der Waals surface area contributed by atoms with Gasteiger partial charge >= 0.3 is 11.9 Å². The minimum atomic E-state index is -3.92. The van der Waals surface area contributed by atoms with E-state index in [0.717, 1.165) is 11.3 Å². The van der Waals surface area contributed by atoms with Gasteiger partial charge < -0.3 is 19.9 Å². The number of hydrogen-bond acceptors (Lipinski definition) is 12. The number of ether oxygens (including phenoxy) is 2. The summed E-state index contributed by atoms with van der Waals surface area (Å²) in [4.78, 5) is 52.5. The number of nitrogens with one attached hydrogen (secondary N) is 1. The van der Waals surface area contributed by atoms with Gasteiger partial charge in [0.05, 0.1) is 35.4 Å². The molecule has 250 valence electrons. The zero-order valence-corrected chi connectivity index (χ0v) is 27.1. The Labute approximate surface area is 269 Å². The van der Waals surface area contributed by atoms with E-state index in [2.05, 4.69) is 20.6 Å². The first kappa shape index (κ1) is 34.9. The van der Waals surface area contributed by atoms with Gasteiger partial charge in [-0.05, 0) is 70.1 Å². The Kier molecular flexibility index (Phi) is 12.2. The number of benzene rings is 1. The highest BCUT2D eigenvalue weighted by atomic mass is 32.2. The smallest absolute Gasteiger partial charge is 0.308 e. The highest BCUT2D eigenvalue weighted by molar-refractivity contribution is 7.91. The maximum Gasteiger partial charge on any atom is 0.308 e. The van der Waals surface area contributed by atoms with Crippen LogP contribution in [0.5, 0.6) is 5.75 Å². The molecule has 15 nitrogen and oxygen atoms in total. The molecule has 2 heterocycles. The number of rotatable bonds is 17. The van der Waals surface area contributed by atoms with Crippen molar-refractivity contribution in [3.05, 3.63) is 30.1 Å². The number of sulfonamides is 1. The SMILES string of the molecule is CCOC(=O)C1CCC(C(=O)C(CCCCNC(=O)CCC(=O)O)n2cc(COc3ccc4nc(S(N)(=O)=O)sc4c3)nn2)CC1. The minimum absolute atomic E-state index is 0.00600. The molecule has 0 spiro atoms. The van der Waals surface area contributed by atoms with E-state index in [1.807, 2.05) is 0 Å². The fourth-order valence-electron chi connectivity index (χ4n) is 5.33. The Morgan fingerprint density at radius 2 is 1.87 bits per heavy atom. The lowest BCUT2D eigenvalue weighted by Gasteiger charge is -2.29. The Balaban J connectivity index is 1.39. The number of primary sulfonamides is 1. The van der Waals surface area contributed by atoms with Crippen LogP contribution in [0, 0.1) is 11.8 Å². The lowest BCUT2D eigenvalue weighted by atomic mass is 9.78. The van der Waals surface area contributed by atoms with Crippen LogP contribution >= 0.6 is 11.3 Å². The van der Waals surface area contributed by atoms with Crippen LogP contribution in [0.2, 0.25) is 0 Å². The fraction of sp³-hybridized carbons (Fsp3) is 0.552. The number of carboxylic acids is 1. The lowest BCUT2D eigenvalue weighted by Crippen LogP contribution is -2.32. The topological polar surface area (TPSA) is 223 Å². The summed E-state index contributed by atoms with van der Waals surface area (Å²) in [6.07, 6.45) is 5.22. The number of unbranched alkanes of at least 4 members (excludes halogenated alkanes) is 1. The molecule has 1 aromatic carbocycles. The first-order chi connectivity index (χ1) is 21.9. The molecule has 0 aliphatic heterocycles. The van der Waals surface area contributed by atoms with E-state index in [1.165, 1.54) is 4.68 Å². The lowest BCUT2D eigenvalue weighted by molar-refractivity contribution is -0.150. The molecule has 17 heteroatoms. The first-order valence-electron chi connectivity index (χ1n) is 15.1. The number of Topliss-reactive ketones (excluding diaryl/α,β-unsaturated/α-hetero) is 1. The number of esters is 1. The summed E-state index contributed by atoms with van der Waals surface area (Å²) in [5.41, 5.74) is 0.953. The molecule has 4 rings (SSSR count). The molecule has 0 saturated heterocycles. The van der Waals surface area contributed by atoms with E-state index in [4.69, 9.17) is 19.7 Å². The third kappa shape index (κ3) is 9.77. The van der Waals surface area contributed by atoms with Crippen molar-refractivity contribution in [2.24, 2.45) is 17.0 Å². The van der Waals surface area contributed by atoms with E-state index in [0.29, 0.717) is 79.8 Å². The molecule has 1 amide bonds. The highest BCUT2D eigenvalue weighted by Gasteiger charge is 2.34. The second kappa shape index (κ2) is 16.0. The van der Waals surface area contributed by atoms with Gasteiger partial charge in [0.1, 0.15) is 24.1 Å². The number of amides is 1. The zero-order chi connectivity index (χ0) is 33.3. The molecule has 1 aliphatic carbocycles. The Bertz CT molecular complexity index is 1650. The Morgan fingerprint density at radius 3 is 2.57 bits per heavy atom. The summed E-state index contributed by atoms with van der Waals surface area (Å²) >= 11 is 0.939. The predicted octanol–water partition coefficient (Wildman–Crippen LogP) is 2.75. The van der Waals surface area contributed by atoms with Crippen LogP contribution in [0.1, 0.15) is 76.4 Å². The van der Waals surface area contributed by atoms with Gasteiger partial charge in [0.25, 0.3) is 10.0 Å². The van der Waals surface area contributed by atoms with Crippen molar-refractivity contribution in [3.8, 4) is 5.75 Å². The van der Waals surface area contributed by atoms with Crippen LogP contribution < -0.4 is 15.2 Å². The van der Waals surface area contributed by atoms with Crippen molar-refractivity contribution in [1.82, 2.24) is 25.3 Å².